The summed E-state index contributed by atoms with van der Waals surface area (Å²) in [5.41, 5.74) is 4.30. The summed E-state index contributed by atoms with van der Waals surface area (Å²) in [5.74, 6) is 5.25. The Kier molecular flexibility index (Phi) is 4.77. The van der Waals surface area contributed by atoms with Gasteiger partial charge >= 0.3 is 0 Å². The quantitative estimate of drug-likeness (QED) is 0.664. The molecule has 2 nitrogen and oxygen atoms in total. The smallest absolute Gasteiger partial charge is 0.123 e. The zero-order valence-corrected chi connectivity index (χ0v) is 11.5. The Morgan fingerprint density at radius 2 is 1.95 bits per heavy atom. The third-order valence-electron chi connectivity index (χ3n) is 2.88. The van der Waals surface area contributed by atoms with Gasteiger partial charge in [0.1, 0.15) is 5.82 Å². The van der Waals surface area contributed by atoms with Crippen LogP contribution in [-0.4, -0.2) is 0 Å². The number of hydrogen-bond acceptors (Lipinski definition) is 2. The first-order valence-electron chi connectivity index (χ1n) is 5.75. The van der Waals surface area contributed by atoms with Crippen LogP contribution in [-0.2, 0) is 6.42 Å². The van der Waals surface area contributed by atoms with E-state index in [0.29, 0.717) is 16.5 Å². The zero-order chi connectivity index (χ0) is 13.8. The van der Waals surface area contributed by atoms with E-state index < -0.39 is 0 Å². The van der Waals surface area contributed by atoms with E-state index in [1.807, 2.05) is 6.07 Å². The second kappa shape index (κ2) is 6.35. The van der Waals surface area contributed by atoms with Crippen LogP contribution >= 0.6 is 23.2 Å². The summed E-state index contributed by atoms with van der Waals surface area (Å²) >= 11 is 12.1. The summed E-state index contributed by atoms with van der Waals surface area (Å²) in [4.78, 5) is 0. The van der Waals surface area contributed by atoms with Crippen molar-refractivity contribution in [2.45, 2.75) is 12.5 Å². The van der Waals surface area contributed by atoms with Crippen molar-refractivity contribution in [2.75, 3.05) is 0 Å². The van der Waals surface area contributed by atoms with Gasteiger partial charge < -0.3 is 0 Å². The lowest BCUT2D eigenvalue weighted by molar-refractivity contribution is 0.544. The van der Waals surface area contributed by atoms with Crippen molar-refractivity contribution in [3.63, 3.8) is 0 Å². The van der Waals surface area contributed by atoms with Crippen molar-refractivity contribution >= 4 is 23.2 Å². The monoisotopic (exact) mass is 298 g/mol. The largest absolute Gasteiger partial charge is 0.271 e. The SMILES string of the molecule is NNC(Cc1cc(Cl)ccc1Cl)c1cccc(F)c1. The molecule has 0 amide bonds. The van der Waals surface area contributed by atoms with Gasteiger partial charge in [0.25, 0.3) is 0 Å². The van der Waals surface area contributed by atoms with Crippen molar-refractivity contribution in [3.05, 3.63) is 69.5 Å². The highest BCUT2D eigenvalue weighted by atomic mass is 35.5. The molecule has 19 heavy (non-hydrogen) atoms. The maximum absolute atomic E-state index is 13.2. The van der Waals surface area contributed by atoms with Crippen molar-refractivity contribution in [1.82, 2.24) is 5.43 Å². The van der Waals surface area contributed by atoms with Gasteiger partial charge in [0.15, 0.2) is 0 Å². The predicted molar refractivity (Wildman–Crippen MR) is 76.6 cm³/mol. The first-order chi connectivity index (χ1) is 9.10. The first kappa shape index (κ1) is 14.3. The Morgan fingerprint density at radius 3 is 2.63 bits per heavy atom. The Labute approximate surface area is 121 Å². The molecule has 2 aromatic rings. The Balaban J connectivity index is 2.26. The Bertz CT molecular complexity index is 575. The molecule has 0 radical (unpaired) electrons. The van der Waals surface area contributed by atoms with Crippen LogP contribution in [0.1, 0.15) is 17.2 Å². The lowest BCUT2D eigenvalue weighted by Gasteiger charge is -2.17. The molecular formula is C14H13Cl2FN2. The minimum absolute atomic E-state index is 0.230. The van der Waals surface area contributed by atoms with Gasteiger partial charge in [0, 0.05) is 10.0 Å². The van der Waals surface area contributed by atoms with Gasteiger partial charge in [-0.15, -0.1) is 0 Å². The van der Waals surface area contributed by atoms with Gasteiger partial charge in [-0.3, -0.25) is 11.3 Å². The van der Waals surface area contributed by atoms with Crippen molar-refractivity contribution in [3.8, 4) is 0 Å². The number of hydrazine groups is 1. The molecule has 0 bridgehead atoms. The third-order valence-corrected chi connectivity index (χ3v) is 3.49. The minimum atomic E-state index is -0.296. The molecule has 0 spiro atoms. The molecule has 2 rings (SSSR count). The molecule has 100 valence electrons. The number of benzene rings is 2. The second-order valence-electron chi connectivity index (χ2n) is 4.21. The van der Waals surface area contributed by atoms with Crippen LogP contribution < -0.4 is 11.3 Å². The molecule has 0 aromatic heterocycles. The maximum Gasteiger partial charge on any atom is 0.123 e. The molecule has 1 unspecified atom stereocenters. The van der Waals surface area contributed by atoms with Gasteiger partial charge in [-0.1, -0.05) is 35.3 Å². The minimum Gasteiger partial charge on any atom is -0.271 e. The Hall–Kier alpha value is -1.13. The summed E-state index contributed by atoms with van der Waals surface area (Å²) in [6, 6.07) is 11.3. The van der Waals surface area contributed by atoms with E-state index in [9.17, 15) is 4.39 Å². The molecule has 0 saturated heterocycles. The standard InChI is InChI=1S/C14H13Cl2FN2/c15-11-4-5-13(16)10(6-11)8-14(19-18)9-2-1-3-12(17)7-9/h1-7,14,19H,8,18H2. The molecule has 0 heterocycles. The molecule has 0 aliphatic heterocycles. The number of nitrogens with two attached hydrogens (primary N) is 1. The highest BCUT2D eigenvalue weighted by molar-refractivity contribution is 6.33. The van der Waals surface area contributed by atoms with Crippen LogP contribution in [0.15, 0.2) is 42.5 Å². The molecule has 0 aliphatic rings. The van der Waals surface area contributed by atoms with Crippen LogP contribution in [0.25, 0.3) is 0 Å². The average Bonchev–Trinajstić information content (AvgIpc) is 2.39. The molecule has 2 aromatic carbocycles. The van der Waals surface area contributed by atoms with E-state index in [-0.39, 0.29) is 11.9 Å². The number of rotatable bonds is 4. The molecule has 0 saturated carbocycles. The number of hydrogen-bond donors (Lipinski definition) is 2. The van der Waals surface area contributed by atoms with Crippen LogP contribution in [0, 0.1) is 5.82 Å². The third kappa shape index (κ3) is 3.67. The van der Waals surface area contributed by atoms with Crippen LogP contribution in [0.5, 0.6) is 0 Å². The van der Waals surface area contributed by atoms with Crippen molar-refractivity contribution < 1.29 is 4.39 Å². The molecule has 0 aliphatic carbocycles. The topological polar surface area (TPSA) is 38.0 Å². The van der Waals surface area contributed by atoms with Crippen molar-refractivity contribution in [1.29, 1.82) is 0 Å². The second-order valence-corrected chi connectivity index (χ2v) is 5.06. The van der Waals surface area contributed by atoms with E-state index in [2.05, 4.69) is 5.43 Å². The number of nitrogens with one attached hydrogen (secondary N) is 1. The lowest BCUT2D eigenvalue weighted by atomic mass is 9.99. The summed E-state index contributed by atoms with van der Waals surface area (Å²) in [6.45, 7) is 0. The normalized spacial score (nSPS) is 12.4. The van der Waals surface area contributed by atoms with Gasteiger partial charge in [-0.2, -0.15) is 0 Å². The summed E-state index contributed by atoms with van der Waals surface area (Å²) in [6.07, 6.45) is 0.527. The van der Waals surface area contributed by atoms with Gasteiger partial charge in [-0.25, -0.2) is 4.39 Å². The van der Waals surface area contributed by atoms with E-state index in [1.54, 1.807) is 24.3 Å². The fourth-order valence-electron chi connectivity index (χ4n) is 1.92. The van der Waals surface area contributed by atoms with E-state index in [1.165, 1.54) is 12.1 Å². The van der Waals surface area contributed by atoms with Crippen LogP contribution in [0.3, 0.4) is 0 Å². The predicted octanol–water partition coefficient (Wildman–Crippen LogP) is 3.88. The molecular weight excluding hydrogens is 286 g/mol. The van der Waals surface area contributed by atoms with Gasteiger partial charge in [-0.05, 0) is 47.9 Å². The molecule has 3 N–H and O–H groups in total. The van der Waals surface area contributed by atoms with Crippen LogP contribution in [0.4, 0.5) is 4.39 Å². The van der Waals surface area contributed by atoms with Gasteiger partial charge in [0.05, 0.1) is 6.04 Å². The zero-order valence-electron chi connectivity index (χ0n) is 10.0. The van der Waals surface area contributed by atoms with Crippen LogP contribution in [0.2, 0.25) is 10.0 Å². The lowest BCUT2D eigenvalue weighted by Crippen LogP contribution is -2.29. The summed E-state index contributed by atoms with van der Waals surface area (Å²) in [5, 5.41) is 1.22. The van der Waals surface area contributed by atoms with E-state index in [4.69, 9.17) is 29.0 Å². The maximum atomic E-state index is 13.2. The molecule has 0 fully saturated rings. The molecule has 5 heteroatoms. The summed E-state index contributed by atoms with van der Waals surface area (Å²) < 4.78 is 13.2. The molecule has 1 atom stereocenters. The fourth-order valence-corrected chi connectivity index (χ4v) is 2.31. The summed E-state index contributed by atoms with van der Waals surface area (Å²) in [7, 11) is 0. The Morgan fingerprint density at radius 1 is 1.16 bits per heavy atom. The van der Waals surface area contributed by atoms with Crippen molar-refractivity contribution in [2.24, 2.45) is 5.84 Å². The van der Waals surface area contributed by atoms with E-state index >= 15 is 0 Å². The van der Waals surface area contributed by atoms with Gasteiger partial charge in [0.2, 0.25) is 0 Å². The average molecular weight is 299 g/mol. The highest BCUT2D eigenvalue weighted by Gasteiger charge is 2.13. The fraction of sp³-hybridized carbons (Fsp3) is 0.143. The van der Waals surface area contributed by atoms with E-state index in [0.717, 1.165) is 11.1 Å². The highest BCUT2D eigenvalue weighted by Crippen LogP contribution is 2.26. The first-order valence-corrected chi connectivity index (χ1v) is 6.51. The number of halogens is 3.